The van der Waals surface area contributed by atoms with Gasteiger partial charge in [-0.3, -0.25) is 4.90 Å². The molecule has 0 spiro atoms. The highest BCUT2D eigenvalue weighted by Gasteiger charge is 2.30. The first-order chi connectivity index (χ1) is 12.7. The molecule has 1 fully saturated rings. The van der Waals surface area contributed by atoms with Crippen LogP contribution in [0.5, 0.6) is 5.88 Å². The second kappa shape index (κ2) is 7.36. The largest absolute Gasteiger partial charge is 0.474 e. The summed E-state index contributed by atoms with van der Waals surface area (Å²) in [5, 5.41) is 3.01. The van der Waals surface area contributed by atoms with Crippen LogP contribution in [-0.2, 0) is 13.0 Å². The Labute approximate surface area is 154 Å². The first kappa shape index (κ1) is 16.9. The smallest absolute Gasteiger partial charge is 0.322 e. The lowest BCUT2D eigenvalue weighted by atomic mass is 10.1. The van der Waals surface area contributed by atoms with E-state index in [4.69, 9.17) is 4.74 Å². The minimum absolute atomic E-state index is 0.0614. The molecule has 26 heavy (non-hydrogen) atoms. The first-order valence-corrected chi connectivity index (χ1v) is 9.47. The van der Waals surface area contributed by atoms with Gasteiger partial charge in [0.1, 0.15) is 6.10 Å². The molecular weight excluding hydrogens is 326 g/mol. The summed E-state index contributed by atoms with van der Waals surface area (Å²) in [7, 11) is 0. The van der Waals surface area contributed by atoms with Crippen molar-refractivity contribution in [2.45, 2.75) is 57.7 Å². The second-order valence-corrected chi connectivity index (χ2v) is 7.24. The minimum atomic E-state index is -0.0614. The number of ether oxygens (including phenoxy) is 1. The third-order valence-electron chi connectivity index (χ3n) is 5.26. The number of aromatic nitrogens is 1. The van der Waals surface area contributed by atoms with Gasteiger partial charge in [-0.05, 0) is 56.2 Å². The van der Waals surface area contributed by atoms with Gasteiger partial charge in [-0.15, -0.1) is 0 Å². The summed E-state index contributed by atoms with van der Waals surface area (Å²) in [4.78, 5) is 18.9. The predicted molar refractivity (Wildman–Crippen MR) is 101 cm³/mol. The topological polar surface area (TPSA) is 54.5 Å². The maximum atomic E-state index is 12.7. The molecule has 1 aliphatic heterocycles. The number of pyridine rings is 1. The lowest BCUT2D eigenvalue weighted by molar-refractivity contribution is 0.201. The number of nitrogens with one attached hydrogen (secondary N) is 1. The summed E-state index contributed by atoms with van der Waals surface area (Å²) in [6, 6.07) is 12.1. The van der Waals surface area contributed by atoms with Crippen LogP contribution in [0.4, 0.5) is 10.5 Å². The SMILES string of the molecule is CC1Cc2ccccc2N1C(=O)NCc1ccc(OC2CCCC2)nc1. The van der Waals surface area contributed by atoms with E-state index in [1.807, 2.05) is 35.2 Å². The third-order valence-corrected chi connectivity index (χ3v) is 5.26. The molecule has 1 aromatic carbocycles. The van der Waals surface area contributed by atoms with Gasteiger partial charge >= 0.3 is 6.03 Å². The van der Waals surface area contributed by atoms with Crippen LogP contribution >= 0.6 is 0 Å². The molecule has 0 saturated heterocycles. The molecule has 1 unspecified atom stereocenters. The van der Waals surface area contributed by atoms with Crippen LogP contribution in [0.15, 0.2) is 42.6 Å². The minimum Gasteiger partial charge on any atom is -0.474 e. The standard InChI is InChI=1S/C21H25N3O2/c1-15-12-17-6-2-5-9-19(17)24(15)21(25)23-14-16-10-11-20(22-13-16)26-18-7-3-4-8-18/h2,5-6,9-11,13,15,18H,3-4,7-8,12,14H2,1H3,(H,23,25). The van der Waals surface area contributed by atoms with E-state index in [-0.39, 0.29) is 12.1 Å². The van der Waals surface area contributed by atoms with E-state index in [2.05, 4.69) is 23.3 Å². The van der Waals surface area contributed by atoms with Gasteiger partial charge in [-0.1, -0.05) is 24.3 Å². The van der Waals surface area contributed by atoms with Crippen LogP contribution < -0.4 is 15.0 Å². The number of benzene rings is 1. The van der Waals surface area contributed by atoms with Crippen LogP contribution in [0, 0.1) is 0 Å². The van der Waals surface area contributed by atoms with Gasteiger partial charge in [0.15, 0.2) is 0 Å². The highest BCUT2D eigenvalue weighted by atomic mass is 16.5. The normalized spacial score (nSPS) is 19.4. The molecule has 5 nitrogen and oxygen atoms in total. The van der Waals surface area contributed by atoms with E-state index in [1.165, 1.54) is 18.4 Å². The van der Waals surface area contributed by atoms with Crippen molar-refractivity contribution in [1.82, 2.24) is 10.3 Å². The summed E-state index contributed by atoms with van der Waals surface area (Å²) in [5.74, 6) is 0.675. The Hall–Kier alpha value is -2.56. The number of rotatable bonds is 4. The number of hydrogen-bond acceptors (Lipinski definition) is 3. The monoisotopic (exact) mass is 351 g/mol. The molecule has 2 aliphatic rings. The summed E-state index contributed by atoms with van der Waals surface area (Å²) >= 11 is 0. The van der Waals surface area contributed by atoms with Crippen LogP contribution in [0.25, 0.3) is 0 Å². The number of amides is 2. The van der Waals surface area contributed by atoms with Crippen LogP contribution in [0.2, 0.25) is 0 Å². The van der Waals surface area contributed by atoms with E-state index in [9.17, 15) is 4.79 Å². The maximum absolute atomic E-state index is 12.7. The van der Waals surface area contributed by atoms with Gasteiger partial charge in [0.25, 0.3) is 0 Å². The molecule has 1 saturated carbocycles. The highest BCUT2D eigenvalue weighted by molar-refractivity contribution is 5.94. The Balaban J connectivity index is 1.34. The van der Waals surface area contributed by atoms with Gasteiger partial charge in [-0.2, -0.15) is 0 Å². The van der Waals surface area contributed by atoms with Crippen LogP contribution in [0.3, 0.4) is 0 Å². The molecule has 2 aromatic rings. The molecule has 2 amide bonds. The third kappa shape index (κ3) is 3.52. The highest BCUT2D eigenvalue weighted by Crippen LogP contribution is 2.31. The molecule has 4 rings (SSSR count). The van der Waals surface area contributed by atoms with Gasteiger partial charge in [-0.25, -0.2) is 9.78 Å². The zero-order chi connectivity index (χ0) is 17.9. The zero-order valence-corrected chi connectivity index (χ0v) is 15.1. The first-order valence-electron chi connectivity index (χ1n) is 9.47. The molecule has 2 heterocycles. The zero-order valence-electron chi connectivity index (χ0n) is 15.1. The van der Waals surface area contributed by atoms with Gasteiger partial charge < -0.3 is 10.1 Å². The van der Waals surface area contributed by atoms with Crippen molar-refractivity contribution in [3.63, 3.8) is 0 Å². The van der Waals surface area contributed by atoms with Gasteiger partial charge in [0.2, 0.25) is 5.88 Å². The number of carbonyl (C=O) groups excluding carboxylic acids is 1. The Bertz CT molecular complexity index is 769. The molecule has 5 heteroatoms. The lowest BCUT2D eigenvalue weighted by Gasteiger charge is -2.23. The van der Waals surface area contributed by atoms with Gasteiger partial charge in [0, 0.05) is 30.5 Å². The van der Waals surface area contributed by atoms with Crippen molar-refractivity contribution in [2.24, 2.45) is 0 Å². The van der Waals surface area contributed by atoms with Crippen LogP contribution in [0.1, 0.15) is 43.7 Å². The molecule has 1 aromatic heterocycles. The van der Waals surface area contributed by atoms with Crippen molar-refractivity contribution >= 4 is 11.7 Å². The number of anilines is 1. The Morgan fingerprint density at radius 3 is 2.81 bits per heavy atom. The fourth-order valence-electron chi connectivity index (χ4n) is 3.90. The fourth-order valence-corrected chi connectivity index (χ4v) is 3.90. The van der Waals surface area contributed by atoms with E-state index in [1.54, 1.807) is 6.20 Å². The summed E-state index contributed by atoms with van der Waals surface area (Å²) < 4.78 is 5.88. The molecule has 0 bridgehead atoms. The summed E-state index contributed by atoms with van der Waals surface area (Å²) in [5.41, 5.74) is 3.21. The number of carbonyl (C=O) groups is 1. The number of para-hydroxylation sites is 1. The average Bonchev–Trinajstić information content (AvgIpc) is 3.27. The van der Waals surface area contributed by atoms with Crippen molar-refractivity contribution in [3.05, 3.63) is 53.7 Å². The number of fused-ring (bicyclic) bond motifs is 1. The van der Waals surface area contributed by atoms with Crippen molar-refractivity contribution < 1.29 is 9.53 Å². The molecule has 1 N–H and O–H groups in total. The lowest BCUT2D eigenvalue weighted by Crippen LogP contribution is -2.42. The molecule has 1 atom stereocenters. The molecule has 136 valence electrons. The van der Waals surface area contributed by atoms with E-state index >= 15 is 0 Å². The number of urea groups is 1. The Morgan fingerprint density at radius 1 is 1.23 bits per heavy atom. The second-order valence-electron chi connectivity index (χ2n) is 7.24. The van der Waals surface area contributed by atoms with Gasteiger partial charge in [0.05, 0.1) is 0 Å². The number of nitrogens with zero attached hydrogens (tertiary/aromatic N) is 2. The Kier molecular flexibility index (Phi) is 4.78. The maximum Gasteiger partial charge on any atom is 0.322 e. The fraction of sp³-hybridized carbons (Fsp3) is 0.429. The molecule has 0 radical (unpaired) electrons. The quantitative estimate of drug-likeness (QED) is 0.903. The van der Waals surface area contributed by atoms with Crippen molar-refractivity contribution in [1.29, 1.82) is 0 Å². The average molecular weight is 351 g/mol. The van der Waals surface area contributed by atoms with E-state index in [0.717, 1.165) is 30.5 Å². The Morgan fingerprint density at radius 2 is 2.04 bits per heavy atom. The van der Waals surface area contributed by atoms with Crippen LogP contribution in [-0.4, -0.2) is 23.2 Å². The van der Waals surface area contributed by atoms with E-state index in [0.29, 0.717) is 18.5 Å². The summed E-state index contributed by atoms with van der Waals surface area (Å²) in [6.45, 7) is 2.54. The van der Waals surface area contributed by atoms with Crippen molar-refractivity contribution in [2.75, 3.05) is 4.90 Å². The molecule has 1 aliphatic carbocycles. The number of hydrogen-bond donors (Lipinski definition) is 1. The predicted octanol–water partition coefficient (Wildman–Crippen LogP) is 4.06. The molecular formula is C21H25N3O2. The van der Waals surface area contributed by atoms with E-state index < -0.39 is 0 Å². The van der Waals surface area contributed by atoms with Crippen molar-refractivity contribution in [3.8, 4) is 5.88 Å². The summed E-state index contributed by atoms with van der Waals surface area (Å²) in [6.07, 6.45) is 7.72.